The lowest BCUT2D eigenvalue weighted by Crippen LogP contribution is -2.04. The molecule has 3 nitrogen and oxygen atoms in total. The Morgan fingerprint density at radius 1 is 0.636 bits per heavy atom. The summed E-state index contributed by atoms with van der Waals surface area (Å²) in [4.78, 5) is 3.96. The first kappa shape index (κ1) is 24.8. The molecule has 0 amide bonds. The molecule has 5 heteroatoms. The Hall–Kier alpha value is -2.86. The smallest absolute Gasteiger partial charge is 0.166 e. The average Bonchev–Trinajstić information content (AvgIpc) is 2.85. The third kappa shape index (κ3) is 7.60. The molecule has 4 rings (SSSR count). The normalized spacial score (nSPS) is 11.0. The van der Waals surface area contributed by atoms with Crippen LogP contribution in [0.25, 0.3) is 0 Å². The van der Waals surface area contributed by atoms with Crippen LogP contribution in [0.3, 0.4) is 0 Å². The van der Waals surface area contributed by atoms with Gasteiger partial charge >= 0.3 is 0 Å². The molecule has 0 N–H and O–H groups in total. The number of rotatable bonds is 7. The highest BCUT2D eigenvalue weighted by Crippen LogP contribution is 2.31. The van der Waals surface area contributed by atoms with E-state index in [4.69, 9.17) is 0 Å². The molecule has 0 heterocycles. The number of unbranched alkanes of at least 4 members (excludes halogenated alkanes) is 1. The van der Waals surface area contributed by atoms with E-state index in [0.29, 0.717) is 0 Å². The molecule has 0 saturated carbocycles. The van der Waals surface area contributed by atoms with Crippen molar-refractivity contribution < 1.29 is 13.0 Å². The van der Waals surface area contributed by atoms with Crippen LogP contribution in [0.15, 0.2) is 135 Å². The lowest BCUT2D eigenvalue weighted by atomic mass is 10.1. The van der Waals surface area contributed by atoms with E-state index in [1.165, 1.54) is 63.8 Å². The second-order valence-electron chi connectivity index (χ2n) is 7.45. The van der Waals surface area contributed by atoms with E-state index in [9.17, 15) is 13.0 Å². The molecule has 0 spiro atoms. The van der Waals surface area contributed by atoms with Crippen molar-refractivity contribution in [2.24, 2.45) is 0 Å². The van der Waals surface area contributed by atoms with Gasteiger partial charge in [0.05, 0.1) is 15.8 Å². The predicted octanol–water partition coefficient (Wildman–Crippen LogP) is 6.72. The second-order valence-corrected chi connectivity index (χ2v) is 10.9. The second kappa shape index (κ2) is 12.4. The van der Waals surface area contributed by atoms with Gasteiger partial charge in [-0.25, -0.2) is 8.42 Å². The first-order valence-electron chi connectivity index (χ1n) is 10.9. The lowest BCUT2D eigenvalue weighted by Gasteiger charge is -2.08. The molecule has 0 fully saturated rings. The fourth-order valence-corrected chi connectivity index (χ4v) is 5.86. The zero-order chi connectivity index (χ0) is 23.5. The molecule has 0 bridgehead atoms. The summed E-state index contributed by atoms with van der Waals surface area (Å²) in [5.41, 5.74) is 1.44. The standard InChI is InChI=1S/C22H23S.C6H6O3S/c1-2-3-10-19-15-17-22(18-16-19)23(20-11-6-4-7-12-20)21-13-8-5-9-14-21;7-10(8,9)6-4-2-1-3-5-6/h4-9,11-18H,2-3,10H2,1H3;1-5H,(H,7,8,9)/q+1;/p-1. The third-order valence-corrected chi connectivity index (χ3v) is 8.05. The molecule has 33 heavy (non-hydrogen) atoms. The largest absolute Gasteiger partial charge is 0.744 e. The van der Waals surface area contributed by atoms with Crippen molar-refractivity contribution in [2.75, 3.05) is 0 Å². The van der Waals surface area contributed by atoms with E-state index in [2.05, 4.69) is 91.9 Å². The molecular formula is C28H28O3S2. The molecule has 0 aliphatic rings. The van der Waals surface area contributed by atoms with Crippen molar-refractivity contribution in [3.05, 3.63) is 121 Å². The molecule has 0 aliphatic carbocycles. The van der Waals surface area contributed by atoms with Crippen LogP contribution in [0.5, 0.6) is 0 Å². The quantitative estimate of drug-likeness (QED) is 0.220. The molecule has 0 saturated heterocycles. The number of benzene rings is 4. The highest BCUT2D eigenvalue weighted by atomic mass is 32.2. The Balaban J connectivity index is 0.000000257. The summed E-state index contributed by atoms with van der Waals surface area (Å²) in [5.74, 6) is 0. The maximum absolute atomic E-state index is 10.3. The van der Waals surface area contributed by atoms with Gasteiger partial charge in [-0.3, -0.25) is 0 Å². The Morgan fingerprint density at radius 2 is 1.06 bits per heavy atom. The van der Waals surface area contributed by atoms with Crippen molar-refractivity contribution in [1.29, 1.82) is 0 Å². The van der Waals surface area contributed by atoms with Gasteiger partial charge in [0.15, 0.2) is 14.7 Å². The first-order chi connectivity index (χ1) is 16.0. The van der Waals surface area contributed by atoms with Crippen LogP contribution in [0.1, 0.15) is 25.3 Å². The van der Waals surface area contributed by atoms with Gasteiger partial charge in [-0.1, -0.05) is 80.1 Å². The maximum Gasteiger partial charge on any atom is 0.166 e. The first-order valence-corrected chi connectivity index (χ1v) is 13.6. The van der Waals surface area contributed by atoms with Crippen LogP contribution in [0.2, 0.25) is 0 Å². The van der Waals surface area contributed by atoms with Gasteiger partial charge in [-0.05, 0) is 66.9 Å². The summed E-state index contributed by atoms with van der Waals surface area (Å²) in [6.07, 6.45) is 3.70. The van der Waals surface area contributed by atoms with E-state index < -0.39 is 10.1 Å². The number of hydrogen-bond donors (Lipinski definition) is 0. The summed E-state index contributed by atoms with van der Waals surface area (Å²) in [7, 11) is -4.28. The van der Waals surface area contributed by atoms with Crippen LogP contribution < -0.4 is 0 Å². The number of hydrogen-bond acceptors (Lipinski definition) is 3. The van der Waals surface area contributed by atoms with Crippen molar-refractivity contribution in [2.45, 2.75) is 45.8 Å². The molecular weight excluding hydrogens is 448 g/mol. The molecule has 4 aromatic carbocycles. The molecule has 0 aliphatic heterocycles. The van der Waals surface area contributed by atoms with Crippen LogP contribution in [0, 0.1) is 0 Å². The van der Waals surface area contributed by atoms with Gasteiger partial charge < -0.3 is 4.55 Å². The van der Waals surface area contributed by atoms with Gasteiger partial charge in [0.1, 0.15) is 10.1 Å². The molecule has 0 aromatic heterocycles. The third-order valence-electron chi connectivity index (χ3n) is 4.97. The lowest BCUT2D eigenvalue weighted by molar-refractivity contribution is 0.463. The van der Waals surface area contributed by atoms with Crippen LogP contribution in [-0.4, -0.2) is 13.0 Å². The molecule has 170 valence electrons. The average molecular weight is 477 g/mol. The summed E-state index contributed by atoms with van der Waals surface area (Å²) in [6.45, 7) is 2.25. The summed E-state index contributed by atoms with van der Waals surface area (Å²) in [5, 5.41) is 0. The Morgan fingerprint density at radius 3 is 1.45 bits per heavy atom. The fraction of sp³-hybridized carbons (Fsp3) is 0.143. The van der Waals surface area contributed by atoms with Crippen LogP contribution in [0.4, 0.5) is 0 Å². The SMILES string of the molecule is CCCCc1ccc([S+](c2ccccc2)c2ccccc2)cc1.O=S(=O)([O-])c1ccccc1. The van der Waals surface area contributed by atoms with E-state index in [1.807, 2.05) is 0 Å². The van der Waals surface area contributed by atoms with Crippen molar-refractivity contribution in [3.63, 3.8) is 0 Å². The van der Waals surface area contributed by atoms with E-state index in [-0.39, 0.29) is 15.8 Å². The highest BCUT2D eigenvalue weighted by molar-refractivity contribution is 7.97. The Labute approximate surface area is 200 Å². The minimum absolute atomic E-state index is 0.0286. The van der Waals surface area contributed by atoms with Gasteiger partial charge in [0.2, 0.25) is 0 Å². The summed E-state index contributed by atoms with van der Waals surface area (Å²) >= 11 is 0. The zero-order valence-corrected chi connectivity index (χ0v) is 20.3. The maximum atomic E-state index is 10.3. The van der Waals surface area contributed by atoms with Gasteiger partial charge in [0.25, 0.3) is 0 Å². The summed E-state index contributed by atoms with van der Waals surface area (Å²) < 4.78 is 30.8. The topological polar surface area (TPSA) is 57.2 Å². The van der Waals surface area contributed by atoms with Crippen LogP contribution >= 0.6 is 0 Å². The fourth-order valence-electron chi connectivity index (χ4n) is 3.28. The van der Waals surface area contributed by atoms with Crippen molar-refractivity contribution >= 4 is 21.0 Å². The molecule has 0 atom stereocenters. The monoisotopic (exact) mass is 476 g/mol. The minimum atomic E-state index is -4.25. The summed E-state index contributed by atoms with van der Waals surface area (Å²) in [6, 6.07) is 38.1. The van der Waals surface area contributed by atoms with E-state index in [0.717, 1.165) is 0 Å². The highest BCUT2D eigenvalue weighted by Gasteiger charge is 2.27. The van der Waals surface area contributed by atoms with Gasteiger partial charge in [0, 0.05) is 0 Å². The zero-order valence-electron chi connectivity index (χ0n) is 18.6. The molecule has 0 unspecified atom stereocenters. The van der Waals surface area contributed by atoms with Crippen molar-refractivity contribution in [3.8, 4) is 0 Å². The van der Waals surface area contributed by atoms with Gasteiger partial charge in [-0.2, -0.15) is 0 Å². The minimum Gasteiger partial charge on any atom is -0.744 e. The molecule has 4 aromatic rings. The van der Waals surface area contributed by atoms with Gasteiger partial charge in [-0.15, -0.1) is 0 Å². The van der Waals surface area contributed by atoms with E-state index >= 15 is 0 Å². The van der Waals surface area contributed by atoms with E-state index in [1.54, 1.807) is 6.07 Å². The van der Waals surface area contributed by atoms with Crippen LogP contribution in [-0.2, 0) is 27.4 Å². The Kier molecular flexibility index (Phi) is 9.31. The predicted molar refractivity (Wildman–Crippen MR) is 135 cm³/mol. The Bertz CT molecular complexity index is 1150. The molecule has 0 radical (unpaired) electrons. The van der Waals surface area contributed by atoms with Crippen molar-refractivity contribution in [1.82, 2.24) is 0 Å². The number of aryl methyl sites for hydroxylation is 1.